The van der Waals surface area contributed by atoms with Crippen LogP contribution in [-0.4, -0.2) is 44.7 Å². The van der Waals surface area contributed by atoms with Crippen LogP contribution >= 0.6 is 0 Å². The van der Waals surface area contributed by atoms with Gasteiger partial charge in [-0.2, -0.15) is 0 Å². The predicted molar refractivity (Wildman–Crippen MR) is 89.9 cm³/mol. The number of quaternary nitrogens is 1. The molecule has 3 rings (SSSR count). The van der Waals surface area contributed by atoms with E-state index in [4.69, 9.17) is 4.42 Å². The number of hydrogen-bond donors (Lipinski definition) is 3. The van der Waals surface area contributed by atoms with Gasteiger partial charge in [0.1, 0.15) is 31.9 Å². The number of pyridine rings is 1. The van der Waals surface area contributed by atoms with E-state index in [1.807, 2.05) is 24.4 Å². The molecule has 8 nitrogen and oxygen atoms in total. The Hall–Kier alpha value is -2.87. The molecule has 8 heteroatoms. The van der Waals surface area contributed by atoms with Gasteiger partial charge in [-0.1, -0.05) is 6.07 Å². The van der Waals surface area contributed by atoms with Crippen LogP contribution in [0.4, 0.5) is 10.6 Å². The molecule has 1 saturated heterocycles. The summed E-state index contributed by atoms with van der Waals surface area (Å²) in [6, 6.07) is 9.00. The van der Waals surface area contributed by atoms with Crippen LogP contribution in [0.5, 0.6) is 0 Å². The van der Waals surface area contributed by atoms with Gasteiger partial charge in [-0.3, -0.25) is 15.0 Å². The van der Waals surface area contributed by atoms with Gasteiger partial charge in [0.05, 0.1) is 19.0 Å². The summed E-state index contributed by atoms with van der Waals surface area (Å²) in [6.07, 6.45) is 3.44. The van der Waals surface area contributed by atoms with Crippen molar-refractivity contribution in [3.8, 4) is 0 Å². The van der Waals surface area contributed by atoms with Crippen LogP contribution in [-0.2, 0) is 11.3 Å². The number of piperazine rings is 1. The number of rotatable bonds is 5. The first-order valence-electron chi connectivity index (χ1n) is 8.36. The molecule has 2 aromatic rings. The van der Waals surface area contributed by atoms with Crippen molar-refractivity contribution in [1.29, 1.82) is 0 Å². The topological polar surface area (TPSA) is 93.2 Å². The Morgan fingerprint density at radius 3 is 2.72 bits per heavy atom. The van der Waals surface area contributed by atoms with E-state index in [0.29, 0.717) is 12.3 Å². The smallest absolute Gasteiger partial charge is 0.321 e. The van der Waals surface area contributed by atoms with Gasteiger partial charge in [-0.25, -0.2) is 9.78 Å². The lowest BCUT2D eigenvalue weighted by molar-refractivity contribution is -0.892. The van der Waals surface area contributed by atoms with Crippen molar-refractivity contribution >= 4 is 17.8 Å². The Morgan fingerprint density at radius 1 is 1.20 bits per heavy atom. The number of amides is 3. The average Bonchev–Trinajstić information content (AvgIpc) is 3.15. The maximum atomic E-state index is 12.0. The zero-order valence-electron chi connectivity index (χ0n) is 14.0. The lowest BCUT2D eigenvalue weighted by Crippen LogP contribution is -3.16. The van der Waals surface area contributed by atoms with Crippen molar-refractivity contribution in [2.75, 3.05) is 37.6 Å². The van der Waals surface area contributed by atoms with Crippen LogP contribution in [0, 0.1) is 0 Å². The molecule has 3 amide bonds. The number of aromatic nitrogens is 1. The monoisotopic (exact) mass is 345 g/mol. The van der Waals surface area contributed by atoms with E-state index in [1.54, 1.807) is 12.1 Å². The Balaban J connectivity index is 1.36. The van der Waals surface area contributed by atoms with E-state index >= 15 is 0 Å². The molecule has 0 radical (unpaired) electrons. The number of H-pyrrole nitrogens is 1. The third-order valence-corrected chi connectivity index (χ3v) is 4.17. The summed E-state index contributed by atoms with van der Waals surface area (Å²) in [5, 5.41) is 4.96. The van der Waals surface area contributed by atoms with Gasteiger partial charge in [0.2, 0.25) is 0 Å². The minimum Gasteiger partial charge on any atom is -0.467 e. The molecule has 0 bridgehead atoms. The summed E-state index contributed by atoms with van der Waals surface area (Å²) in [7, 11) is 0. The molecule has 132 valence electrons. The summed E-state index contributed by atoms with van der Waals surface area (Å²) in [5.41, 5.74) is 0. The normalized spacial score (nSPS) is 15.0. The van der Waals surface area contributed by atoms with Crippen LogP contribution in [0.25, 0.3) is 0 Å². The first kappa shape index (κ1) is 17.0. The number of anilines is 1. The quantitative estimate of drug-likeness (QED) is 0.636. The molecular weight excluding hydrogens is 322 g/mol. The van der Waals surface area contributed by atoms with Crippen LogP contribution in [0.15, 0.2) is 47.2 Å². The lowest BCUT2D eigenvalue weighted by atomic mass is 10.3. The van der Waals surface area contributed by atoms with Crippen molar-refractivity contribution in [2.45, 2.75) is 6.54 Å². The standard InChI is InChI=1S/C17H21N5O3/c23-16(20-17(24)19-12-14-4-3-11-25-14)13-21-7-9-22(10-8-21)15-5-1-2-6-18-15/h1-6,11H,7-10,12-13H2,(H2,19,20,23,24)/p+2. The molecule has 25 heavy (non-hydrogen) atoms. The van der Waals surface area contributed by atoms with E-state index in [9.17, 15) is 9.59 Å². The number of furan rings is 1. The van der Waals surface area contributed by atoms with Crippen LogP contribution in [0.2, 0.25) is 0 Å². The molecule has 1 aliphatic heterocycles. The summed E-state index contributed by atoms with van der Waals surface area (Å²) in [4.78, 5) is 30.4. The molecular formula is C17H23N5O3+2. The predicted octanol–water partition coefficient (Wildman–Crippen LogP) is -1.18. The van der Waals surface area contributed by atoms with Gasteiger partial charge >= 0.3 is 6.03 Å². The number of urea groups is 1. The molecule has 1 aliphatic rings. The molecule has 0 saturated carbocycles. The first-order valence-corrected chi connectivity index (χ1v) is 8.36. The minimum absolute atomic E-state index is 0.255. The number of imide groups is 1. The largest absolute Gasteiger partial charge is 0.467 e. The number of nitrogens with zero attached hydrogens (tertiary/aromatic N) is 1. The van der Waals surface area contributed by atoms with Crippen molar-refractivity contribution in [1.82, 2.24) is 10.6 Å². The average molecular weight is 345 g/mol. The number of aromatic amines is 1. The van der Waals surface area contributed by atoms with Gasteiger partial charge in [-0.15, -0.1) is 0 Å². The maximum Gasteiger partial charge on any atom is 0.321 e. The fourth-order valence-corrected chi connectivity index (χ4v) is 2.84. The van der Waals surface area contributed by atoms with E-state index in [-0.39, 0.29) is 12.5 Å². The van der Waals surface area contributed by atoms with E-state index < -0.39 is 6.03 Å². The molecule has 0 spiro atoms. The Kier molecular flexibility index (Phi) is 5.63. The van der Waals surface area contributed by atoms with Gasteiger partial charge in [0.15, 0.2) is 6.54 Å². The summed E-state index contributed by atoms with van der Waals surface area (Å²) >= 11 is 0. The molecule has 1 fully saturated rings. The zero-order valence-corrected chi connectivity index (χ0v) is 14.0. The lowest BCUT2D eigenvalue weighted by Gasteiger charge is -2.27. The highest BCUT2D eigenvalue weighted by Crippen LogP contribution is 2.04. The second kappa shape index (κ2) is 8.29. The van der Waals surface area contributed by atoms with Crippen molar-refractivity contribution in [2.24, 2.45) is 0 Å². The minimum atomic E-state index is -0.502. The Bertz CT molecular complexity index is 682. The molecule has 0 atom stereocenters. The van der Waals surface area contributed by atoms with Crippen LogP contribution < -0.4 is 25.4 Å². The second-order valence-corrected chi connectivity index (χ2v) is 5.97. The number of hydrogen-bond acceptors (Lipinski definition) is 4. The summed E-state index contributed by atoms with van der Waals surface area (Å²) < 4.78 is 5.12. The van der Waals surface area contributed by atoms with E-state index in [0.717, 1.165) is 32.0 Å². The van der Waals surface area contributed by atoms with Gasteiger partial charge in [0, 0.05) is 6.07 Å². The number of carbonyl (C=O) groups excluding carboxylic acids is 2. The van der Waals surface area contributed by atoms with Crippen LogP contribution in [0.3, 0.4) is 0 Å². The molecule has 4 N–H and O–H groups in total. The van der Waals surface area contributed by atoms with Crippen LogP contribution in [0.1, 0.15) is 5.76 Å². The highest BCUT2D eigenvalue weighted by atomic mass is 16.3. The summed E-state index contributed by atoms with van der Waals surface area (Å²) in [6.45, 7) is 3.99. The summed E-state index contributed by atoms with van der Waals surface area (Å²) in [5.74, 6) is 1.46. The van der Waals surface area contributed by atoms with Gasteiger partial charge in [-0.05, 0) is 18.2 Å². The molecule has 2 aromatic heterocycles. The van der Waals surface area contributed by atoms with Crippen molar-refractivity contribution in [3.05, 3.63) is 48.6 Å². The zero-order chi connectivity index (χ0) is 17.5. The third kappa shape index (κ3) is 5.05. The number of carbonyl (C=O) groups is 2. The SMILES string of the molecule is O=C(C[NH+]1CCN(c2cccc[nH+]2)CC1)NC(=O)NCc1ccco1. The molecule has 0 aliphatic carbocycles. The molecule has 3 heterocycles. The van der Waals surface area contributed by atoms with Crippen molar-refractivity contribution in [3.63, 3.8) is 0 Å². The third-order valence-electron chi connectivity index (χ3n) is 4.17. The fourth-order valence-electron chi connectivity index (χ4n) is 2.84. The number of nitrogens with one attached hydrogen (secondary N) is 4. The van der Waals surface area contributed by atoms with E-state index in [2.05, 4.69) is 20.5 Å². The van der Waals surface area contributed by atoms with Gasteiger partial charge < -0.3 is 14.6 Å². The fraction of sp³-hybridized carbons (Fsp3) is 0.353. The molecule has 0 unspecified atom stereocenters. The van der Waals surface area contributed by atoms with E-state index in [1.165, 1.54) is 11.2 Å². The first-order chi connectivity index (χ1) is 12.2. The van der Waals surface area contributed by atoms with Crippen molar-refractivity contribution < 1.29 is 23.9 Å². The Labute approximate surface area is 145 Å². The Morgan fingerprint density at radius 2 is 2.04 bits per heavy atom. The maximum absolute atomic E-state index is 12.0. The highest BCUT2D eigenvalue weighted by Gasteiger charge is 2.27. The highest BCUT2D eigenvalue weighted by molar-refractivity contribution is 5.94. The molecule has 0 aromatic carbocycles. The van der Waals surface area contributed by atoms with Gasteiger partial charge in [0.25, 0.3) is 11.7 Å². The second-order valence-electron chi connectivity index (χ2n) is 5.97.